The van der Waals surface area contributed by atoms with Gasteiger partial charge in [0.1, 0.15) is 12.4 Å². The minimum Gasteiger partial charge on any atom is -0.445 e. The van der Waals surface area contributed by atoms with Crippen molar-refractivity contribution in [1.29, 1.82) is 0 Å². The molecule has 160 valence electrons. The maximum atomic E-state index is 12.6. The highest BCUT2D eigenvalue weighted by Crippen LogP contribution is 2.30. The van der Waals surface area contributed by atoms with E-state index in [9.17, 15) is 4.79 Å². The van der Waals surface area contributed by atoms with Crippen molar-refractivity contribution in [2.24, 2.45) is 5.92 Å². The number of piperidine rings is 1. The van der Waals surface area contributed by atoms with Crippen LogP contribution in [-0.2, 0) is 24.3 Å². The molecular formula is C23H31N5O2. The Morgan fingerprint density at radius 3 is 2.57 bits per heavy atom. The third kappa shape index (κ3) is 4.50. The SMILES string of the molecule is CC1CCN(c2nc3c(c(N(C)C)n2)CN(C(=O)OCc2ccccc2)CC3)CC1. The Balaban J connectivity index is 1.49. The predicted octanol–water partition coefficient (Wildman–Crippen LogP) is 3.47. The van der Waals surface area contributed by atoms with Crippen LogP contribution in [-0.4, -0.2) is 54.7 Å². The summed E-state index contributed by atoms with van der Waals surface area (Å²) in [5, 5.41) is 0. The lowest BCUT2D eigenvalue weighted by Gasteiger charge is -2.34. The zero-order chi connectivity index (χ0) is 21.1. The van der Waals surface area contributed by atoms with E-state index in [-0.39, 0.29) is 12.7 Å². The topological polar surface area (TPSA) is 61.8 Å². The van der Waals surface area contributed by atoms with Gasteiger partial charge in [0.25, 0.3) is 0 Å². The van der Waals surface area contributed by atoms with Crippen LogP contribution >= 0.6 is 0 Å². The Morgan fingerprint density at radius 2 is 1.87 bits per heavy atom. The first-order valence-electron chi connectivity index (χ1n) is 10.8. The van der Waals surface area contributed by atoms with E-state index in [1.807, 2.05) is 49.3 Å². The summed E-state index contributed by atoms with van der Waals surface area (Å²) in [6.07, 6.45) is 2.79. The zero-order valence-electron chi connectivity index (χ0n) is 18.2. The molecule has 0 bridgehead atoms. The number of nitrogens with zero attached hydrogens (tertiary/aromatic N) is 5. The molecule has 2 aromatic rings. The molecule has 2 aliphatic heterocycles. The van der Waals surface area contributed by atoms with Crippen LogP contribution in [0.3, 0.4) is 0 Å². The number of carbonyl (C=O) groups is 1. The fourth-order valence-electron chi connectivity index (χ4n) is 4.07. The summed E-state index contributed by atoms with van der Waals surface area (Å²) in [6, 6.07) is 9.76. The van der Waals surface area contributed by atoms with E-state index in [1.54, 1.807) is 4.90 Å². The second-order valence-corrected chi connectivity index (χ2v) is 8.55. The highest BCUT2D eigenvalue weighted by molar-refractivity contribution is 5.69. The van der Waals surface area contributed by atoms with Crippen LogP contribution in [0.1, 0.15) is 36.6 Å². The van der Waals surface area contributed by atoms with E-state index >= 15 is 0 Å². The molecule has 0 saturated carbocycles. The summed E-state index contributed by atoms with van der Waals surface area (Å²) in [5.74, 6) is 2.49. The Hall–Kier alpha value is -2.83. The number of anilines is 2. The smallest absolute Gasteiger partial charge is 0.410 e. The summed E-state index contributed by atoms with van der Waals surface area (Å²) >= 11 is 0. The van der Waals surface area contributed by atoms with Gasteiger partial charge >= 0.3 is 6.09 Å². The summed E-state index contributed by atoms with van der Waals surface area (Å²) in [6.45, 7) is 5.69. The number of amides is 1. The molecule has 1 aromatic heterocycles. The Kier molecular flexibility index (Phi) is 6.06. The Labute approximate surface area is 178 Å². The molecular weight excluding hydrogens is 378 g/mol. The molecule has 0 N–H and O–H groups in total. The fourth-order valence-corrected chi connectivity index (χ4v) is 4.07. The van der Waals surface area contributed by atoms with Crippen molar-refractivity contribution in [2.75, 3.05) is 43.5 Å². The molecule has 1 fully saturated rings. The largest absolute Gasteiger partial charge is 0.445 e. The second-order valence-electron chi connectivity index (χ2n) is 8.55. The van der Waals surface area contributed by atoms with Crippen LogP contribution in [0.2, 0.25) is 0 Å². The van der Waals surface area contributed by atoms with Crippen molar-refractivity contribution in [3.63, 3.8) is 0 Å². The standard InChI is InChI=1S/C23H31N5O2/c1-17-9-12-27(13-10-17)22-24-20-11-14-28(15-19(20)21(25-22)26(2)3)23(29)30-16-18-7-5-4-6-8-18/h4-8,17H,9-16H2,1-3H3. The van der Waals surface area contributed by atoms with E-state index in [4.69, 9.17) is 14.7 Å². The number of ether oxygens (including phenoxy) is 1. The van der Waals surface area contributed by atoms with E-state index in [2.05, 4.69) is 11.8 Å². The first kappa shape index (κ1) is 20.4. The van der Waals surface area contributed by atoms with Crippen molar-refractivity contribution in [3.8, 4) is 0 Å². The molecule has 0 spiro atoms. The number of benzene rings is 1. The van der Waals surface area contributed by atoms with Crippen LogP contribution in [0.25, 0.3) is 0 Å². The lowest BCUT2D eigenvalue weighted by Crippen LogP contribution is -2.39. The van der Waals surface area contributed by atoms with Crippen molar-refractivity contribution in [3.05, 3.63) is 47.2 Å². The molecule has 7 heteroatoms. The van der Waals surface area contributed by atoms with Crippen molar-refractivity contribution >= 4 is 17.9 Å². The van der Waals surface area contributed by atoms with Crippen LogP contribution in [0.4, 0.5) is 16.6 Å². The summed E-state index contributed by atoms with van der Waals surface area (Å²) in [7, 11) is 3.99. The van der Waals surface area contributed by atoms with E-state index < -0.39 is 0 Å². The van der Waals surface area contributed by atoms with Gasteiger partial charge in [0.15, 0.2) is 0 Å². The van der Waals surface area contributed by atoms with Gasteiger partial charge in [-0.3, -0.25) is 0 Å². The molecule has 7 nitrogen and oxygen atoms in total. The maximum absolute atomic E-state index is 12.6. The maximum Gasteiger partial charge on any atom is 0.410 e. The molecule has 0 aliphatic carbocycles. The van der Waals surface area contributed by atoms with Gasteiger partial charge in [0, 0.05) is 45.7 Å². The minimum atomic E-state index is -0.289. The highest BCUT2D eigenvalue weighted by Gasteiger charge is 2.28. The van der Waals surface area contributed by atoms with E-state index in [0.29, 0.717) is 13.1 Å². The number of hydrogen-bond acceptors (Lipinski definition) is 6. The predicted molar refractivity (Wildman–Crippen MR) is 118 cm³/mol. The van der Waals surface area contributed by atoms with Gasteiger partial charge < -0.3 is 19.4 Å². The molecule has 0 radical (unpaired) electrons. The summed E-state index contributed by atoms with van der Waals surface area (Å²) in [5.41, 5.74) is 3.06. The third-order valence-corrected chi connectivity index (χ3v) is 5.98. The normalized spacial score (nSPS) is 16.9. The number of rotatable bonds is 4. The molecule has 1 amide bonds. The van der Waals surface area contributed by atoms with Crippen molar-refractivity contribution in [1.82, 2.24) is 14.9 Å². The molecule has 0 unspecified atom stereocenters. The monoisotopic (exact) mass is 409 g/mol. The van der Waals surface area contributed by atoms with Crippen molar-refractivity contribution < 1.29 is 9.53 Å². The highest BCUT2D eigenvalue weighted by atomic mass is 16.6. The van der Waals surface area contributed by atoms with Crippen LogP contribution < -0.4 is 9.80 Å². The van der Waals surface area contributed by atoms with Crippen LogP contribution in [0.15, 0.2) is 30.3 Å². The average molecular weight is 410 g/mol. The molecule has 1 aromatic carbocycles. The Bertz CT molecular complexity index is 879. The van der Waals surface area contributed by atoms with Gasteiger partial charge in [0.2, 0.25) is 5.95 Å². The zero-order valence-corrected chi connectivity index (χ0v) is 18.2. The lowest BCUT2D eigenvalue weighted by molar-refractivity contribution is 0.0916. The number of carbonyl (C=O) groups excluding carboxylic acids is 1. The average Bonchev–Trinajstić information content (AvgIpc) is 2.77. The molecule has 30 heavy (non-hydrogen) atoms. The minimum absolute atomic E-state index is 0.284. The van der Waals surface area contributed by atoms with Gasteiger partial charge in [-0.25, -0.2) is 9.78 Å². The molecule has 1 saturated heterocycles. The van der Waals surface area contributed by atoms with Crippen molar-refractivity contribution in [2.45, 2.75) is 39.3 Å². The third-order valence-electron chi connectivity index (χ3n) is 5.98. The molecule has 0 atom stereocenters. The van der Waals surface area contributed by atoms with Gasteiger partial charge in [-0.15, -0.1) is 0 Å². The van der Waals surface area contributed by atoms with Crippen LogP contribution in [0.5, 0.6) is 0 Å². The molecule has 3 heterocycles. The van der Waals surface area contributed by atoms with Gasteiger partial charge in [-0.05, 0) is 24.3 Å². The fraction of sp³-hybridized carbons (Fsp3) is 0.522. The number of hydrogen-bond donors (Lipinski definition) is 0. The van der Waals surface area contributed by atoms with Gasteiger partial charge in [-0.1, -0.05) is 37.3 Å². The first-order chi connectivity index (χ1) is 14.5. The lowest BCUT2D eigenvalue weighted by atomic mass is 9.99. The molecule has 2 aliphatic rings. The number of fused-ring (bicyclic) bond motifs is 1. The summed E-state index contributed by atoms with van der Waals surface area (Å²) in [4.78, 5) is 28.5. The number of aromatic nitrogens is 2. The van der Waals surface area contributed by atoms with Gasteiger partial charge in [-0.2, -0.15) is 4.98 Å². The molecule has 4 rings (SSSR count). The first-order valence-corrected chi connectivity index (χ1v) is 10.8. The van der Waals surface area contributed by atoms with Gasteiger partial charge in [0.05, 0.1) is 12.2 Å². The van der Waals surface area contributed by atoms with E-state index in [1.165, 1.54) is 12.8 Å². The second kappa shape index (κ2) is 8.90. The summed E-state index contributed by atoms with van der Waals surface area (Å²) < 4.78 is 5.54. The Morgan fingerprint density at radius 1 is 1.13 bits per heavy atom. The quantitative estimate of drug-likeness (QED) is 0.771. The van der Waals surface area contributed by atoms with Crippen LogP contribution in [0, 0.1) is 5.92 Å². The van der Waals surface area contributed by atoms with E-state index in [0.717, 1.165) is 54.0 Å².